The van der Waals surface area contributed by atoms with Gasteiger partial charge in [0, 0.05) is 5.56 Å². The second kappa shape index (κ2) is 9.72. The van der Waals surface area contributed by atoms with E-state index in [0.29, 0.717) is 14.7 Å². The van der Waals surface area contributed by atoms with Crippen molar-refractivity contribution in [2.45, 2.75) is 0 Å². The molecular weight excluding hydrogens is 564 g/mol. The molecule has 0 saturated heterocycles. The summed E-state index contributed by atoms with van der Waals surface area (Å²) < 4.78 is 30.1. The molecule has 1 aliphatic rings. The molecule has 1 aliphatic heterocycles. The predicted octanol–water partition coefficient (Wildman–Crippen LogP) is 5.66. The number of rotatable bonds is 5. The van der Waals surface area contributed by atoms with E-state index in [0.717, 1.165) is 0 Å². The fourth-order valence-corrected chi connectivity index (χ4v) is 3.96. The number of aliphatic imine (C=N–C) groups is 1. The minimum atomic E-state index is -0.669. The Kier molecular flexibility index (Phi) is 6.75. The molecule has 0 atom stereocenters. The van der Waals surface area contributed by atoms with Gasteiger partial charge in [-0.2, -0.15) is 0 Å². The number of esters is 2. The summed E-state index contributed by atoms with van der Waals surface area (Å²) in [5, 5.41) is 0.268. The molecule has 166 valence electrons. The van der Waals surface area contributed by atoms with E-state index in [9.17, 15) is 14.0 Å². The maximum atomic E-state index is 13.5. The minimum absolute atomic E-state index is 0.0118. The molecule has 3 aromatic rings. The smallest absolute Gasteiger partial charge is 0.363 e. The van der Waals surface area contributed by atoms with E-state index in [1.807, 2.05) is 22.6 Å². The van der Waals surface area contributed by atoms with Crippen molar-refractivity contribution < 1.29 is 28.2 Å². The Morgan fingerprint density at radius 3 is 2.67 bits per heavy atom. The normalized spacial score (nSPS) is 14.1. The van der Waals surface area contributed by atoms with Crippen LogP contribution in [-0.4, -0.2) is 24.9 Å². The zero-order chi connectivity index (χ0) is 23.5. The SMILES string of the molecule is COc1cc(/C=C2\N=C(c3cccc(F)c3)OC2=O)cc(I)c1OC(=O)c1ccccc1Cl. The summed E-state index contributed by atoms with van der Waals surface area (Å²) in [4.78, 5) is 29.0. The van der Waals surface area contributed by atoms with Gasteiger partial charge >= 0.3 is 11.9 Å². The van der Waals surface area contributed by atoms with Crippen LogP contribution in [0, 0.1) is 9.39 Å². The zero-order valence-electron chi connectivity index (χ0n) is 17.0. The third kappa shape index (κ3) is 5.07. The molecule has 0 bridgehead atoms. The molecule has 0 aromatic heterocycles. The lowest BCUT2D eigenvalue weighted by atomic mass is 10.1. The number of carbonyl (C=O) groups excluding carboxylic acids is 2. The van der Waals surface area contributed by atoms with Crippen LogP contribution in [0.15, 0.2) is 71.4 Å². The number of halogens is 3. The molecule has 4 rings (SSSR count). The van der Waals surface area contributed by atoms with Crippen LogP contribution in [0.3, 0.4) is 0 Å². The lowest BCUT2D eigenvalue weighted by Gasteiger charge is -2.13. The van der Waals surface area contributed by atoms with Crippen LogP contribution in [0.5, 0.6) is 11.5 Å². The van der Waals surface area contributed by atoms with Gasteiger partial charge in [0.25, 0.3) is 0 Å². The highest BCUT2D eigenvalue weighted by Crippen LogP contribution is 2.36. The molecule has 0 saturated carbocycles. The van der Waals surface area contributed by atoms with Crippen LogP contribution < -0.4 is 9.47 Å². The second-order valence-corrected chi connectivity index (χ2v) is 8.32. The number of nitrogens with zero attached hydrogens (tertiary/aromatic N) is 1. The number of methoxy groups -OCH3 is 1. The molecule has 0 unspecified atom stereocenters. The third-order valence-electron chi connectivity index (χ3n) is 4.54. The number of ether oxygens (including phenoxy) is 3. The van der Waals surface area contributed by atoms with Crippen LogP contribution in [0.1, 0.15) is 21.5 Å². The van der Waals surface area contributed by atoms with E-state index in [-0.39, 0.29) is 33.7 Å². The van der Waals surface area contributed by atoms with Gasteiger partial charge in [0.2, 0.25) is 5.90 Å². The Bertz CT molecular complexity index is 1340. The molecule has 0 amide bonds. The Morgan fingerprint density at radius 2 is 1.94 bits per heavy atom. The van der Waals surface area contributed by atoms with E-state index in [1.165, 1.54) is 31.4 Å². The van der Waals surface area contributed by atoms with Crippen molar-refractivity contribution in [1.82, 2.24) is 0 Å². The van der Waals surface area contributed by atoms with Crippen LogP contribution in [0.2, 0.25) is 5.02 Å². The quantitative estimate of drug-likeness (QED) is 0.169. The van der Waals surface area contributed by atoms with Crippen molar-refractivity contribution in [2.75, 3.05) is 7.11 Å². The first-order chi connectivity index (χ1) is 15.9. The van der Waals surface area contributed by atoms with E-state index in [4.69, 9.17) is 25.8 Å². The summed E-state index contributed by atoms with van der Waals surface area (Å²) in [5.41, 5.74) is 1.16. The predicted molar refractivity (Wildman–Crippen MR) is 129 cm³/mol. The van der Waals surface area contributed by atoms with E-state index < -0.39 is 17.8 Å². The zero-order valence-corrected chi connectivity index (χ0v) is 19.9. The molecule has 9 heteroatoms. The number of hydrogen-bond acceptors (Lipinski definition) is 6. The molecule has 33 heavy (non-hydrogen) atoms. The Labute approximate surface area is 206 Å². The van der Waals surface area contributed by atoms with Crippen LogP contribution in [0.4, 0.5) is 4.39 Å². The summed E-state index contributed by atoms with van der Waals surface area (Å²) in [5.74, 6) is -1.27. The second-order valence-electron chi connectivity index (χ2n) is 6.75. The van der Waals surface area contributed by atoms with Crippen molar-refractivity contribution in [1.29, 1.82) is 0 Å². The lowest BCUT2D eigenvalue weighted by molar-refractivity contribution is -0.129. The molecule has 3 aromatic carbocycles. The Balaban J connectivity index is 1.64. The van der Waals surface area contributed by atoms with Gasteiger partial charge in [-0.05, 0) is 76.7 Å². The molecule has 0 radical (unpaired) electrons. The van der Waals surface area contributed by atoms with Gasteiger partial charge < -0.3 is 14.2 Å². The highest BCUT2D eigenvalue weighted by Gasteiger charge is 2.25. The Hall–Kier alpha value is -3.24. The Morgan fingerprint density at radius 1 is 1.15 bits per heavy atom. The minimum Gasteiger partial charge on any atom is -0.493 e. The molecule has 1 heterocycles. The van der Waals surface area contributed by atoms with Gasteiger partial charge in [0.15, 0.2) is 17.2 Å². The first-order valence-electron chi connectivity index (χ1n) is 9.48. The van der Waals surface area contributed by atoms with Crippen molar-refractivity contribution in [3.63, 3.8) is 0 Å². The number of carbonyl (C=O) groups is 2. The highest BCUT2D eigenvalue weighted by atomic mass is 127. The van der Waals surface area contributed by atoms with Gasteiger partial charge in [-0.15, -0.1) is 0 Å². The average molecular weight is 578 g/mol. The van der Waals surface area contributed by atoms with Gasteiger partial charge in [0.05, 0.1) is 21.3 Å². The number of benzene rings is 3. The van der Waals surface area contributed by atoms with Crippen molar-refractivity contribution in [3.8, 4) is 11.5 Å². The van der Waals surface area contributed by atoms with E-state index >= 15 is 0 Å². The maximum absolute atomic E-state index is 13.5. The van der Waals surface area contributed by atoms with Crippen LogP contribution in [-0.2, 0) is 9.53 Å². The number of cyclic esters (lactones) is 1. The van der Waals surface area contributed by atoms with Crippen molar-refractivity contribution in [3.05, 3.63) is 97.5 Å². The lowest BCUT2D eigenvalue weighted by Crippen LogP contribution is -2.11. The molecule has 6 nitrogen and oxygen atoms in total. The van der Waals surface area contributed by atoms with Gasteiger partial charge in [-0.3, -0.25) is 0 Å². The standard InChI is InChI=1S/C24H14ClFINO5/c1-31-20-11-13(9-18(27)21(20)32-23(29)16-7-2-3-8-17(16)25)10-19-24(30)33-22(28-19)14-5-4-6-15(26)12-14/h2-12H,1H3/b19-10-. The van der Waals surface area contributed by atoms with E-state index in [2.05, 4.69) is 4.99 Å². The van der Waals surface area contributed by atoms with E-state index in [1.54, 1.807) is 42.5 Å². The molecule has 0 fully saturated rings. The largest absolute Gasteiger partial charge is 0.493 e. The van der Waals surface area contributed by atoms with Crippen molar-refractivity contribution in [2.24, 2.45) is 4.99 Å². The van der Waals surface area contributed by atoms with Gasteiger partial charge in [-0.25, -0.2) is 19.0 Å². The molecule has 0 aliphatic carbocycles. The highest BCUT2D eigenvalue weighted by molar-refractivity contribution is 14.1. The topological polar surface area (TPSA) is 74.2 Å². The average Bonchev–Trinajstić information content (AvgIpc) is 3.15. The molecule has 0 spiro atoms. The molecule has 0 N–H and O–H groups in total. The first-order valence-corrected chi connectivity index (χ1v) is 10.9. The van der Waals surface area contributed by atoms with Crippen LogP contribution >= 0.6 is 34.2 Å². The molecular formula is C24H14ClFINO5. The number of hydrogen-bond donors (Lipinski definition) is 0. The third-order valence-corrected chi connectivity index (χ3v) is 5.67. The van der Waals surface area contributed by atoms with Crippen LogP contribution in [0.25, 0.3) is 6.08 Å². The van der Waals surface area contributed by atoms with Crippen molar-refractivity contribution >= 4 is 58.1 Å². The summed E-state index contributed by atoms with van der Waals surface area (Å²) in [6.07, 6.45) is 1.50. The maximum Gasteiger partial charge on any atom is 0.363 e. The van der Waals surface area contributed by atoms with Gasteiger partial charge in [-0.1, -0.05) is 29.8 Å². The first kappa shape index (κ1) is 22.9. The summed E-state index contributed by atoms with van der Waals surface area (Å²) in [6, 6.07) is 15.4. The fourth-order valence-electron chi connectivity index (χ4n) is 3.01. The van der Waals surface area contributed by atoms with Gasteiger partial charge in [0.1, 0.15) is 5.82 Å². The monoisotopic (exact) mass is 577 g/mol. The summed E-state index contributed by atoms with van der Waals surface area (Å²) in [6.45, 7) is 0. The summed E-state index contributed by atoms with van der Waals surface area (Å²) in [7, 11) is 1.43. The fraction of sp³-hybridized carbons (Fsp3) is 0.0417. The summed E-state index contributed by atoms with van der Waals surface area (Å²) >= 11 is 8.07.